The predicted octanol–water partition coefficient (Wildman–Crippen LogP) is 0.232. The Labute approximate surface area is 97.1 Å². The second kappa shape index (κ2) is 5.79. The summed E-state index contributed by atoms with van der Waals surface area (Å²) < 4.78 is 0. The molecule has 1 unspecified atom stereocenters. The number of aliphatic hydroxyl groups is 2. The summed E-state index contributed by atoms with van der Waals surface area (Å²) in [6.45, 7) is -0.342. The van der Waals surface area contributed by atoms with Crippen molar-refractivity contribution >= 4 is 11.4 Å². The Morgan fingerprint density at radius 1 is 1.59 bits per heavy atom. The van der Waals surface area contributed by atoms with Gasteiger partial charge in [0.05, 0.1) is 28.9 Å². The van der Waals surface area contributed by atoms with Crippen LogP contribution in [0.4, 0.5) is 11.4 Å². The van der Waals surface area contributed by atoms with Crippen molar-refractivity contribution in [1.82, 2.24) is 0 Å². The van der Waals surface area contributed by atoms with Crippen molar-refractivity contribution in [1.29, 1.82) is 5.26 Å². The maximum Gasteiger partial charge on any atom is 0.270 e. The van der Waals surface area contributed by atoms with Crippen LogP contribution in [0.2, 0.25) is 0 Å². The number of nitriles is 1. The molecule has 1 atom stereocenters. The van der Waals surface area contributed by atoms with E-state index in [4.69, 9.17) is 15.5 Å². The van der Waals surface area contributed by atoms with Crippen LogP contribution in [0, 0.1) is 21.4 Å². The van der Waals surface area contributed by atoms with Crippen LogP contribution < -0.4 is 5.32 Å². The number of nitrogens with one attached hydrogen (secondary N) is 1. The molecule has 0 aliphatic carbocycles. The summed E-state index contributed by atoms with van der Waals surface area (Å²) >= 11 is 0. The summed E-state index contributed by atoms with van der Waals surface area (Å²) in [5.74, 6) is 0. The summed E-state index contributed by atoms with van der Waals surface area (Å²) in [6.07, 6.45) is -0.947. The first-order valence-electron chi connectivity index (χ1n) is 4.79. The van der Waals surface area contributed by atoms with Gasteiger partial charge in [-0.25, -0.2) is 0 Å². The molecule has 0 aromatic heterocycles. The Morgan fingerprint density at radius 3 is 2.82 bits per heavy atom. The smallest absolute Gasteiger partial charge is 0.270 e. The van der Waals surface area contributed by atoms with Crippen LogP contribution in [0.15, 0.2) is 18.2 Å². The van der Waals surface area contributed by atoms with Gasteiger partial charge in [0.15, 0.2) is 0 Å². The van der Waals surface area contributed by atoms with E-state index in [0.717, 1.165) is 6.07 Å². The molecule has 0 aliphatic heterocycles. The molecule has 7 nitrogen and oxygen atoms in total. The Morgan fingerprint density at radius 2 is 2.29 bits per heavy atom. The molecule has 0 fully saturated rings. The second-order valence-corrected chi connectivity index (χ2v) is 3.32. The molecule has 1 aromatic rings. The number of aliphatic hydroxyl groups excluding tert-OH is 2. The fourth-order valence-corrected chi connectivity index (χ4v) is 1.18. The van der Waals surface area contributed by atoms with E-state index in [1.807, 2.05) is 6.07 Å². The average Bonchev–Trinajstić information content (AvgIpc) is 2.35. The molecule has 1 aromatic carbocycles. The van der Waals surface area contributed by atoms with E-state index in [9.17, 15) is 10.1 Å². The normalized spacial score (nSPS) is 11.6. The highest BCUT2D eigenvalue weighted by Crippen LogP contribution is 2.21. The van der Waals surface area contributed by atoms with Gasteiger partial charge in [0.2, 0.25) is 0 Å². The van der Waals surface area contributed by atoms with Crippen LogP contribution in [0.25, 0.3) is 0 Å². The van der Waals surface area contributed by atoms with Gasteiger partial charge in [-0.15, -0.1) is 0 Å². The summed E-state index contributed by atoms with van der Waals surface area (Å²) in [6, 6.07) is 5.62. The topological polar surface area (TPSA) is 119 Å². The quantitative estimate of drug-likeness (QED) is 0.498. The predicted molar refractivity (Wildman–Crippen MR) is 59.4 cm³/mol. The highest BCUT2D eigenvalue weighted by atomic mass is 16.6. The van der Waals surface area contributed by atoms with Gasteiger partial charge in [0.1, 0.15) is 6.07 Å². The monoisotopic (exact) mass is 237 g/mol. The van der Waals surface area contributed by atoms with Crippen molar-refractivity contribution in [2.24, 2.45) is 0 Å². The first-order valence-corrected chi connectivity index (χ1v) is 4.79. The number of anilines is 1. The molecule has 0 bridgehead atoms. The zero-order chi connectivity index (χ0) is 12.8. The third-order valence-electron chi connectivity index (χ3n) is 2.07. The number of nitrogens with zero attached hydrogens (tertiary/aromatic N) is 2. The Balaban J connectivity index is 2.87. The molecular formula is C10H11N3O4. The molecule has 17 heavy (non-hydrogen) atoms. The number of nitro groups is 1. The van der Waals surface area contributed by atoms with Gasteiger partial charge >= 0.3 is 0 Å². The van der Waals surface area contributed by atoms with Crippen LogP contribution in [0.1, 0.15) is 5.56 Å². The van der Waals surface area contributed by atoms with Gasteiger partial charge in [-0.2, -0.15) is 5.26 Å². The van der Waals surface area contributed by atoms with E-state index >= 15 is 0 Å². The fourth-order valence-electron chi connectivity index (χ4n) is 1.18. The van der Waals surface area contributed by atoms with Gasteiger partial charge in [-0.05, 0) is 6.07 Å². The lowest BCUT2D eigenvalue weighted by molar-refractivity contribution is -0.384. The minimum atomic E-state index is -0.947. The minimum Gasteiger partial charge on any atom is -0.394 e. The lowest BCUT2D eigenvalue weighted by Crippen LogP contribution is -2.23. The largest absolute Gasteiger partial charge is 0.394 e. The minimum absolute atomic E-state index is 0.0585. The SMILES string of the molecule is N#Cc1cc([N+](=O)[O-])ccc1NCC(O)CO. The number of benzene rings is 1. The van der Waals surface area contributed by atoms with Crippen LogP contribution in [0.5, 0.6) is 0 Å². The molecule has 0 heterocycles. The Kier molecular flexibility index (Phi) is 4.39. The molecule has 90 valence electrons. The van der Waals surface area contributed by atoms with Gasteiger partial charge in [0, 0.05) is 18.7 Å². The van der Waals surface area contributed by atoms with Crippen molar-refractivity contribution in [2.75, 3.05) is 18.5 Å². The second-order valence-electron chi connectivity index (χ2n) is 3.32. The van der Waals surface area contributed by atoms with Crippen molar-refractivity contribution in [2.45, 2.75) is 6.10 Å². The van der Waals surface area contributed by atoms with E-state index in [-0.39, 0.29) is 17.8 Å². The number of rotatable bonds is 5. The maximum absolute atomic E-state index is 10.5. The lowest BCUT2D eigenvalue weighted by atomic mass is 10.1. The van der Waals surface area contributed by atoms with Crippen LogP contribution in [-0.4, -0.2) is 34.4 Å². The van der Waals surface area contributed by atoms with E-state index < -0.39 is 17.6 Å². The number of hydrogen-bond acceptors (Lipinski definition) is 6. The van der Waals surface area contributed by atoms with Gasteiger partial charge in [-0.3, -0.25) is 10.1 Å². The summed E-state index contributed by atoms with van der Waals surface area (Å²) in [5.41, 5.74) is 0.324. The number of hydrogen-bond donors (Lipinski definition) is 3. The molecule has 0 amide bonds. The van der Waals surface area contributed by atoms with E-state index in [2.05, 4.69) is 5.32 Å². The molecular weight excluding hydrogens is 226 g/mol. The van der Waals surface area contributed by atoms with Crippen LogP contribution >= 0.6 is 0 Å². The summed E-state index contributed by atoms with van der Waals surface area (Å²) in [4.78, 5) is 9.91. The third kappa shape index (κ3) is 3.41. The first kappa shape index (κ1) is 12.9. The molecule has 1 rings (SSSR count). The lowest BCUT2D eigenvalue weighted by Gasteiger charge is -2.11. The zero-order valence-corrected chi connectivity index (χ0v) is 8.83. The highest BCUT2D eigenvalue weighted by molar-refractivity contribution is 5.61. The molecule has 0 saturated heterocycles. The maximum atomic E-state index is 10.5. The molecule has 3 N–H and O–H groups in total. The van der Waals surface area contributed by atoms with Gasteiger partial charge < -0.3 is 15.5 Å². The molecule has 0 spiro atoms. The molecule has 0 aliphatic rings. The number of non-ortho nitro benzene ring substituents is 1. The Bertz CT molecular complexity index is 455. The number of nitro benzene ring substituents is 1. The highest BCUT2D eigenvalue weighted by Gasteiger charge is 2.11. The van der Waals surface area contributed by atoms with Crippen molar-refractivity contribution in [3.8, 4) is 6.07 Å². The summed E-state index contributed by atoms with van der Waals surface area (Å²) in [7, 11) is 0. The van der Waals surface area contributed by atoms with Crippen LogP contribution in [-0.2, 0) is 0 Å². The average molecular weight is 237 g/mol. The van der Waals surface area contributed by atoms with E-state index in [0.29, 0.717) is 5.69 Å². The molecule has 7 heteroatoms. The standard InChI is InChI=1S/C10H11N3O4/c11-4-7-3-8(13(16)17)1-2-10(7)12-5-9(15)6-14/h1-3,9,12,14-15H,5-6H2. The first-order chi connectivity index (χ1) is 8.08. The van der Waals surface area contributed by atoms with Crippen molar-refractivity contribution in [3.05, 3.63) is 33.9 Å². The van der Waals surface area contributed by atoms with Gasteiger partial charge in [-0.1, -0.05) is 0 Å². The van der Waals surface area contributed by atoms with Crippen LogP contribution in [0.3, 0.4) is 0 Å². The molecule has 0 saturated carbocycles. The zero-order valence-electron chi connectivity index (χ0n) is 8.83. The van der Waals surface area contributed by atoms with Crippen molar-refractivity contribution in [3.63, 3.8) is 0 Å². The van der Waals surface area contributed by atoms with Crippen molar-refractivity contribution < 1.29 is 15.1 Å². The van der Waals surface area contributed by atoms with E-state index in [1.165, 1.54) is 12.1 Å². The molecule has 0 radical (unpaired) electrons. The van der Waals surface area contributed by atoms with Gasteiger partial charge in [0.25, 0.3) is 5.69 Å². The van der Waals surface area contributed by atoms with E-state index in [1.54, 1.807) is 0 Å². The fraction of sp³-hybridized carbons (Fsp3) is 0.300. The Hall–Kier alpha value is -2.17. The summed E-state index contributed by atoms with van der Waals surface area (Å²) in [5, 5.41) is 39.8. The third-order valence-corrected chi connectivity index (χ3v) is 2.07.